The summed E-state index contributed by atoms with van der Waals surface area (Å²) in [5.74, 6) is -0.636. The number of nitrogens with zero attached hydrogens (tertiary/aromatic N) is 2. The molecule has 7 heteroatoms. The van der Waals surface area contributed by atoms with Crippen molar-refractivity contribution in [3.8, 4) is 11.5 Å². The van der Waals surface area contributed by atoms with Gasteiger partial charge in [-0.3, -0.25) is 9.59 Å². The largest absolute Gasteiger partial charge is 0.507 e. The SMILES string of the molecule is COc1cccc([C@H]2C(=C(O)c3ccccc3)C(=O)C(=O)N2CCCN(C)C)c1OC. The van der Waals surface area contributed by atoms with Gasteiger partial charge in [-0.2, -0.15) is 0 Å². The summed E-state index contributed by atoms with van der Waals surface area (Å²) >= 11 is 0. The van der Waals surface area contributed by atoms with Crippen LogP contribution in [-0.4, -0.2) is 68.0 Å². The Morgan fingerprint density at radius 2 is 1.74 bits per heavy atom. The lowest BCUT2D eigenvalue weighted by Gasteiger charge is -2.27. The number of hydrogen-bond donors (Lipinski definition) is 1. The molecular weight excluding hydrogens is 396 g/mol. The molecule has 0 bridgehead atoms. The van der Waals surface area contributed by atoms with E-state index in [2.05, 4.69) is 0 Å². The van der Waals surface area contributed by atoms with Gasteiger partial charge in [0.25, 0.3) is 11.7 Å². The molecule has 1 heterocycles. The Morgan fingerprint density at radius 3 is 2.35 bits per heavy atom. The average molecular weight is 424 g/mol. The van der Waals surface area contributed by atoms with Crippen LogP contribution in [0.2, 0.25) is 0 Å². The zero-order chi connectivity index (χ0) is 22.5. The van der Waals surface area contributed by atoms with Gasteiger partial charge in [-0.15, -0.1) is 0 Å². The minimum absolute atomic E-state index is 0.0487. The van der Waals surface area contributed by atoms with Gasteiger partial charge in [-0.25, -0.2) is 0 Å². The van der Waals surface area contributed by atoms with Crippen LogP contribution in [0.4, 0.5) is 0 Å². The zero-order valence-corrected chi connectivity index (χ0v) is 18.3. The van der Waals surface area contributed by atoms with Crippen molar-refractivity contribution in [2.24, 2.45) is 0 Å². The molecule has 1 aliphatic heterocycles. The van der Waals surface area contributed by atoms with Crippen molar-refractivity contribution < 1.29 is 24.2 Å². The van der Waals surface area contributed by atoms with E-state index in [0.717, 1.165) is 6.54 Å². The molecule has 1 N–H and O–H groups in total. The third kappa shape index (κ3) is 4.41. The number of likely N-dealkylation sites (tertiary alicyclic amines) is 1. The van der Waals surface area contributed by atoms with E-state index in [-0.39, 0.29) is 11.3 Å². The molecule has 1 amide bonds. The van der Waals surface area contributed by atoms with Crippen LogP contribution in [0.5, 0.6) is 11.5 Å². The monoisotopic (exact) mass is 424 g/mol. The number of aliphatic hydroxyl groups excluding tert-OH is 1. The number of carbonyl (C=O) groups is 2. The molecule has 0 spiro atoms. The molecule has 2 aromatic carbocycles. The summed E-state index contributed by atoms with van der Waals surface area (Å²) in [6.45, 7) is 1.11. The van der Waals surface area contributed by atoms with Crippen molar-refractivity contribution >= 4 is 17.4 Å². The third-order valence-electron chi connectivity index (χ3n) is 5.32. The van der Waals surface area contributed by atoms with Gasteiger partial charge < -0.3 is 24.4 Å². The molecule has 2 aromatic rings. The van der Waals surface area contributed by atoms with Gasteiger partial charge >= 0.3 is 0 Å². The fourth-order valence-corrected chi connectivity index (χ4v) is 3.87. The second-order valence-electron chi connectivity index (χ2n) is 7.60. The van der Waals surface area contributed by atoms with Crippen molar-refractivity contribution in [3.63, 3.8) is 0 Å². The van der Waals surface area contributed by atoms with Crippen LogP contribution in [0, 0.1) is 0 Å². The van der Waals surface area contributed by atoms with Crippen LogP contribution in [0.15, 0.2) is 54.1 Å². The van der Waals surface area contributed by atoms with E-state index in [0.29, 0.717) is 35.6 Å². The normalized spacial score (nSPS) is 18.0. The van der Waals surface area contributed by atoms with E-state index >= 15 is 0 Å². The maximum absolute atomic E-state index is 13.1. The number of aliphatic hydroxyl groups is 1. The number of ketones is 1. The first-order valence-corrected chi connectivity index (χ1v) is 10.1. The molecule has 0 aliphatic carbocycles. The molecule has 1 atom stereocenters. The van der Waals surface area contributed by atoms with Crippen molar-refractivity contribution in [2.75, 3.05) is 41.4 Å². The minimum Gasteiger partial charge on any atom is -0.507 e. The molecule has 0 saturated carbocycles. The standard InChI is InChI=1S/C24H28N2O5/c1-25(2)14-9-15-26-20(17-12-8-13-18(30-3)23(17)31-4)19(22(28)24(26)29)21(27)16-10-6-5-7-11-16/h5-8,10-13,20,27H,9,14-15H2,1-4H3/t20-/m0/s1. The first kappa shape index (κ1) is 22.4. The molecule has 0 unspecified atom stereocenters. The van der Waals surface area contributed by atoms with Gasteiger partial charge in [0, 0.05) is 17.7 Å². The second kappa shape index (κ2) is 9.66. The molecular formula is C24H28N2O5. The Morgan fingerprint density at radius 1 is 1.03 bits per heavy atom. The van der Waals surface area contributed by atoms with E-state index in [9.17, 15) is 14.7 Å². The molecule has 0 aromatic heterocycles. The Bertz CT molecular complexity index is 985. The summed E-state index contributed by atoms with van der Waals surface area (Å²) in [5.41, 5.74) is 1.11. The molecule has 1 aliphatic rings. The van der Waals surface area contributed by atoms with E-state index in [4.69, 9.17) is 9.47 Å². The van der Waals surface area contributed by atoms with Gasteiger partial charge in [0.1, 0.15) is 5.76 Å². The van der Waals surface area contributed by atoms with Crippen LogP contribution in [0.3, 0.4) is 0 Å². The first-order chi connectivity index (χ1) is 14.9. The van der Waals surface area contributed by atoms with Gasteiger partial charge in [-0.1, -0.05) is 42.5 Å². The average Bonchev–Trinajstić information content (AvgIpc) is 3.03. The number of methoxy groups -OCH3 is 2. The van der Waals surface area contributed by atoms with Crippen LogP contribution in [0.1, 0.15) is 23.6 Å². The number of benzene rings is 2. The second-order valence-corrected chi connectivity index (χ2v) is 7.60. The lowest BCUT2D eigenvalue weighted by Crippen LogP contribution is -2.32. The smallest absolute Gasteiger partial charge is 0.295 e. The molecule has 164 valence electrons. The summed E-state index contributed by atoms with van der Waals surface area (Å²) in [6.07, 6.45) is 0.675. The maximum Gasteiger partial charge on any atom is 0.295 e. The Hall–Kier alpha value is -3.32. The zero-order valence-electron chi connectivity index (χ0n) is 18.3. The lowest BCUT2D eigenvalue weighted by molar-refractivity contribution is -0.140. The van der Waals surface area contributed by atoms with Crippen molar-refractivity contribution in [1.29, 1.82) is 0 Å². The predicted octanol–water partition coefficient (Wildman–Crippen LogP) is 3.08. The number of ether oxygens (including phenoxy) is 2. The molecule has 7 nitrogen and oxygen atoms in total. The maximum atomic E-state index is 13.1. The van der Waals surface area contributed by atoms with E-state index in [1.54, 1.807) is 42.5 Å². The van der Waals surface area contributed by atoms with Crippen LogP contribution >= 0.6 is 0 Å². The lowest BCUT2D eigenvalue weighted by atomic mass is 9.94. The van der Waals surface area contributed by atoms with Crippen LogP contribution in [0.25, 0.3) is 5.76 Å². The highest BCUT2D eigenvalue weighted by atomic mass is 16.5. The number of Topliss-reactive ketones (excluding diaryl/α,β-unsaturated/α-hetero) is 1. The topological polar surface area (TPSA) is 79.3 Å². The highest BCUT2D eigenvalue weighted by Crippen LogP contribution is 2.45. The van der Waals surface area contributed by atoms with Gasteiger partial charge in [0.15, 0.2) is 11.5 Å². The number of hydrogen-bond acceptors (Lipinski definition) is 6. The van der Waals surface area contributed by atoms with Crippen molar-refractivity contribution in [3.05, 3.63) is 65.2 Å². The Balaban J connectivity index is 2.18. The summed E-state index contributed by atoms with van der Waals surface area (Å²) in [6, 6.07) is 13.3. The molecule has 31 heavy (non-hydrogen) atoms. The van der Waals surface area contributed by atoms with Crippen LogP contribution < -0.4 is 9.47 Å². The van der Waals surface area contributed by atoms with Gasteiger partial charge in [-0.05, 0) is 33.1 Å². The van der Waals surface area contributed by atoms with Crippen molar-refractivity contribution in [1.82, 2.24) is 9.80 Å². The van der Waals surface area contributed by atoms with E-state index in [1.165, 1.54) is 19.1 Å². The number of rotatable bonds is 8. The van der Waals surface area contributed by atoms with Gasteiger partial charge in [0.2, 0.25) is 0 Å². The molecule has 1 fully saturated rings. The minimum atomic E-state index is -0.785. The van der Waals surface area contributed by atoms with E-state index in [1.807, 2.05) is 25.1 Å². The van der Waals surface area contributed by atoms with Crippen LogP contribution in [-0.2, 0) is 9.59 Å². The quantitative estimate of drug-likeness (QED) is 0.399. The highest BCUT2D eigenvalue weighted by Gasteiger charge is 2.47. The summed E-state index contributed by atoms with van der Waals surface area (Å²) in [5, 5.41) is 11.1. The summed E-state index contributed by atoms with van der Waals surface area (Å²) in [7, 11) is 6.94. The van der Waals surface area contributed by atoms with E-state index < -0.39 is 17.7 Å². The Labute approximate surface area is 182 Å². The predicted molar refractivity (Wildman–Crippen MR) is 118 cm³/mol. The fourth-order valence-electron chi connectivity index (χ4n) is 3.87. The number of carbonyl (C=O) groups excluding carboxylic acids is 2. The molecule has 3 rings (SSSR count). The highest BCUT2D eigenvalue weighted by molar-refractivity contribution is 6.46. The van der Waals surface area contributed by atoms with Crippen molar-refractivity contribution in [2.45, 2.75) is 12.5 Å². The number of para-hydroxylation sites is 1. The first-order valence-electron chi connectivity index (χ1n) is 10.1. The fraction of sp³-hybridized carbons (Fsp3) is 0.333. The Kier molecular flexibility index (Phi) is 6.97. The third-order valence-corrected chi connectivity index (χ3v) is 5.32. The summed E-state index contributed by atoms with van der Waals surface area (Å²) in [4.78, 5) is 29.6. The molecule has 1 saturated heterocycles. The number of amides is 1. The van der Waals surface area contributed by atoms with Gasteiger partial charge in [0.05, 0.1) is 25.8 Å². The molecule has 0 radical (unpaired) electrons. The summed E-state index contributed by atoms with van der Waals surface area (Å²) < 4.78 is 11.0.